The highest BCUT2D eigenvalue weighted by Crippen LogP contribution is 2.20. The molecule has 0 bridgehead atoms. The van der Waals surface area contributed by atoms with Crippen molar-refractivity contribution in [1.29, 1.82) is 0 Å². The van der Waals surface area contributed by atoms with Crippen molar-refractivity contribution in [3.63, 3.8) is 0 Å². The summed E-state index contributed by atoms with van der Waals surface area (Å²) in [6.45, 7) is 8.48. The SMILES string of the molecule is CCC(=O)NCCc1nc2ccccc2n1CCCCOc1ccc(C(C)C)cc1. The van der Waals surface area contributed by atoms with Crippen LogP contribution >= 0.6 is 0 Å². The van der Waals surface area contributed by atoms with Gasteiger partial charge in [0.1, 0.15) is 11.6 Å². The summed E-state index contributed by atoms with van der Waals surface area (Å²) in [5, 5.41) is 2.95. The van der Waals surface area contributed by atoms with Crippen LogP contribution in [-0.4, -0.2) is 28.6 Å². The maximum atomic E-state index is 11.5. The molecule has 5 nitrogen and oxygen atoms in total. The van der Waals surface area contributed by atoms with Crippen molar-refractivity contribution in [3.8, 4) is 5.75 Å². The van der Waals surface area contributed by atoms with Gasteiger partial charge >= 0.3 is 0 Å². The van der Waals surface area contributed by atoms with Crippen LogP contribution in [0.2, 0.25) is 0 Å². The number of amides is 1. The average Bonchev–Trinajstić information content (AvgIpc) is 3.11. The number of para-hydroxylation sites is 2. The van der Waals surface area contributed by atoms with Gasteiger partial charge in [-0.3, -0.25) is 4.79 Å². The number of carbonyl (C=O) groups is 1. The van der Waals surface area contributed by atoms with E-state index in [9.17, 15) is 4.79 Å². The molecule has 0 atom stereocenters. The Morgan fingerprint density at radius 2 is 1.87 bits per heavy atom. The maximum Gasteiger partial charge on any atom is 0.219 e. The van der Waals surface area contributed by atoms with Gasteiger partial charge in [-0.15, -0.1) is 0 Å². The highest BCUT2D eigenvalue weighted by molar-refractivity contribution is 5.76. The van der Waals surface area contributed by atoms with Crippen LogP contribution in [0.15, 0.2) is 48.5 Å². The van der Waals surface area contributed by atoms with Crippen molar-refractivity contribution < 1.29 is 9.53 Å². The molecule has 0 aliphatic carbocycles. The van der Waals surface area contributed by atoms with Gasteiger partial charge in [-0.05, 0) is 48.6 Å². The lowest BCUT2D eigenvalue weighted by Gasteiger charge is -2.11. The minimum Gasteiger partial charge on any atom is -0.494 e. The normalized spacial score (nSPS) is 11.2. The first-order valence-corrected chi connectivity index (χ1v) is 11.0. The molecule has 0 aliphatic heterocycles. The Hall–Kier alpha value is -2.82. The van der Waals surface area contributed by atoms with E-state index in [1.165, 1.54) is 5.56 Å². The van der Waals surface area contributed by atoms with Crippen molar-refractivity contribution >= 4 is 16.9 Å². The van der Waals surface area contributed by atoms with Gasteiger partial charge in [0.25, 0.3) is 0 Å². The number of imidazole rings is 1. The zero-order valence-corrected chi connectivity index (χ0v) is 18.4. The number of fused-ring (bicyclic) bond motifs is 1. The topological polar surface area (TPSA) is 56.2 Å². The molecule has 2 aromatic carbocycles. The minimum absolute atomic E-state index is 0.0798. The van der Waals surface area contributed by atoms with Crippen LogP contribution in [0.4, 0.5) is 0 Å². The predicted octanol–water partition coefficient (Wildman–Crippen LogP) is 5.09. The molecule has 0 spiro atoms. The quantitative estimate of drug-likeness (QED) is 0.451. The maximum absolute atomic E-state index is 11.5. The number of hydrogen-bond donors (Lipinski definition) is 1. The van der Waals surface area contributed by atoms with E-state index in [1.54, 1.807) is 0 Å². The van der Waals surface area contributed by atoms with E-state index in [0.29, 0.717) is 25.5 Å². The van der Waals surface area contributed by atoms with Crippen LogP contribution < -0.4 is 10.1 Å². The highest BCUT2D eigenvalue weighted by Gasteiger charge is 2.10. The Balaban J connectivity index is 1.53. The lowest BCUT2D eigenvalue weighted by Crippen LogP contribution is -2.25. The van der Waals surface area contributed by atoms with Gasteiger partial charge < -0.3 is 14.6 Å². The third-order valence-electron chi connectivity index (χ3n) is 5.32. The molecule has 1 aromatic heterocycles. The van der Waals surface area contributed by atoms with Gasteiger partial charge in [-0.25, -0.2) is 4.98 Å². The Kier molecular flexibility index (Phi) is 7.89. The van der Waals surface area contributed by atoms with Crippen molar-refractivity contribution in [2.24, 2.45) is 0 Å². The molecule has 1 N–H and O–H groups in total. The molecule has 5 heteroatoms. The van der Waals surface area contributed by atoms with Gasteiger partial charge in [-0.1, -0.05) is 45.0 Å². The second-order valence-corrected chi connectivity index (χ2v) is 7.90. The number of nitrogens with one attached hydrogen (secondary N) is 1. The van der Waals surface area contributed by atoms with E-state index in [0.717, 1.165) is 48.4 Å². The first-order chi connectivity index (χ1) is 14.6. The molecule has 0 radical (unpaired) electrons. The third-order valence-corrected chi connectivity index (χ3v) is 5.32. The predicted molar refractivity (Wildman–Crippen MR) is 122 cm³/mol. The number of hydrogen-bond acceptors (Lipinski definition) is 3. The van der Waals surface area contributed by atoms with Gasteiger partial charge in [0.2, 0.25) is 5.91 Å². The van der Waals surface area contributed by atoms with E-state index < -0.39 is 0 Å². The molecule has 160 valence electrons. The largest absolute Gasteiger partial charge is 0.494 e. The molecular formula is C25H33N3O2. The Morgan fingerprint density at radius 1 is 1.10 bits per heavy atom. The van der Waals surface area contributed by atoms with E-state index in [1.807, 2.05) is 25.1 Å². The van der Waals surface area contributed by atoms with Crippen LogP contribution in [0.1, 0.15) is 57.3 Å². The second kappa shape index (κ2) is 10.8. The minimum atomic E-state index is 0.0798. The van der Waals surface area contributed by atoms with E-state index in [4.69, 9.17) is 9.72 Å². The number of benzene rings is 2. The number of nitrogens with zero attached hydrogens (tertiary/aromatic N) is 2. The molecule has 1 heterocycles. The van der Waals surface area contributed by atoms with E-state index in [2.05, 4.69) is 54.1 Å². The lowest BCUT2D eigenvalue weighted by atomic mass is 10.0. The molecule has 0 fully saturated rings. The van der Waals surface area contributed by atoms with Crippen LogP contribution in [-0.2, 0) is 17.8 Å². The molecular weight excluding hydrogens is 374 g/mol. The number of carbonyl (C=O) groups excluding carboxylic acids is 1. The van der Waals surface area contributed by atoms with Crippen molar-refractivity contribution in [3.05, 3.63) is 59.9 Å². The standard InChI is InChI=1S/C25H33N3O2/c1-4-25(29)26-16-15-24-27-22-9-5-6-10-23(22)28(24)17-7-8-18-30-21-13-11-20(12-14-21)19(2)3/h5-6,9-14,19H,4,7-8,15-18H2,1-3H3,(H,26,29). The molecule has 0 unspecified atom stereocenters. The molecule has 1 amide bonds. The van der Waals surface area contributed by atoms with Crippen molar-refractivity contribution in [2.75, 3.05) is 13.2 Å². The first-order valence-electron chi connectivity index (χ1n) is 11.0. The van der Waals surface area contributed by atoms with Gasteiger partial charge in [0.05, 0.1) is 17.6 Å². The highest BCUT2D eigenvalue weighted by atomic mass is 16.5. The van der Waals surface area contributed by atoms with Crippen LogP contribution in [0, 0.1) is 0 Å². The average molecular weight is 408 g/mol. The smallest absolute Gasteiger partial charge is 0.219 e. The molecule has 3 rings (SSSR count). The summed E-state index contributed by atoms with van der Waals surface area (Å²) >= 11 is 0. The number of aryl methyl sites for hydroxylation is 1. The summed E-state index contributed by atoms with van der Waals surface area (Å²) in [6, 6.07) is 16.6. The fourth-order valence-electron chi connectivity index (χ4n) is 3.52. The van der Waals surface area contributed by atoms with Crippen LogP contribution in [0.5, 0.6) is 5.75 Å². The summed E-state index contributed by atoms with van der Waals surface area (Å²) in [6.07, 6.45) is 3.24. The zero-order chi connectivity index (χ0) is 21.3. The fraction of sp³-hybridized carbons (Fsp3) is 0.440. The summed E-state index contributed by atoms with van der Waals surface area (Å²) in [4.78, 5) is 16.3. The van der Waals surface area contributed by atoms with Crippen molar-refractivity contribution in [2.45, 2.75) is 58.9 Å². The van der Waals surface area contributed by atoms with E-state index in [-0.39, 0.29) is 5.91 Å². The fourth-order valence-corrected chi connectivity index (χ4v) is 3.52. The van der Waals surface area contributed by atoms with Crippen molar-refractivity contribution in [1.82, 2.24) is 14.9 Å². The third kappa shape index (κ3) is 5.85. The lowest BCUT2D eigenvalue weighted by molar-refractivity contribution is -0.120. The molecule has 0 aliphatic rings. The summed E-state index contributed by atoms with van der Waals surface area (Å²) < 4.78 is 8.19. The molecule has 3 aromatic rings. The van der Waals surface area contributed by atoms with Crippen LogP contribution in [0.25, 0.3) is 11.0 Å². The number of ether oxygens (including phenoxy) is 1. The van der Waals surface area contributed by atoms with Gasteiger partial charge in [0.15, 0.2) is 0 Å². The van der Waals surface area contributed by atoms with E-state index >= 15 is 0 Å². The second-order valence-electron chi connectivity index (χ2n) is 7.90. The summed E-state index contributed by atoms with van der Waals surface area (Å²) in [7, 11) is 0. The summed E-state index contributed by atoms with van der Waals surface area (Å²) in [5.41, 5.74) is 3.49. The summed E-state index contributed by atoms with van der Waals surface area (Å²) in [5.74, 6) is 2.57. The Bertz CT molecular complexity index is 945. The van der Waals surface area contributed by atoms with Crippen LogP contribution in [0.3, 0.4) is 0 Å². The monoisotopic (exact) mass is 407 g/mol. The number of rotatable bonds is 11. The number of aromatic nitrogens is 2. The Morgan fingerprint density at radius 3 is 2.60 bits per heavy atom. The Labute approximate surface area is 179 Å². The van der Waals surface area contributed by atoms with Gasteiger partial charge in [-0.2, -0.15) is 0 Å². The zero-order valence-electron chi connectivity index (χ0n) is 18.4. The van der Waals surface area contributed by atoms with Gasteiger partial charge in [0, 0.05) is 25.9 Å². The number of unbranched alkanes of at least 4 members (excludes halogenated alkanes) is 1. The molecule has 0 saturated carbocycles. The molecule has 30 heavy (non-hydrogen) atoms. The molecule has 0 saturated heterocycles. The first kappa shape index (κ1) is 21.9.